The molecule has 3 aromatic rings. The Labute approximate surface area is 151 Å². The van der Waals surface area contributed by atoms with Crippen molar-refractivity contribution in [2.75, 3.05) is 5.32 Å². The van der Waals surface area contributed by atoms with Crippen LogP contribution in [0.5, 0.6) is 0 Å². The number of carboxylic acids is 1. The fourth-order valence-electron chi connectivity index (χ4n) is 2.84. The molecule has 3 aromatic carbocycles. The summed E-state index contributed by atoms with van der Waals surface area (Å²) in [7, 11) is 0. The minimum Gasteiger partial charge on any atom is -0.478 e. The molecule has 0 spiro atoms. The summed E-state index contributed by atoms with van der Waals surface area (Å²) in [4.78, 5) is 23.5. The van der Waals surface area contributed by atoms with Crippen molar-refractivity contribution >= 4 is 33.9 Å². The van der Waals surface area contributed by atoms with Crippen molar-refractivity contribution in [3.63, 3.8) is 0 Å². The molecule has 0 atom stereocenters. The minimum atomic E-state index is -1.08. The number of para-hydroxylation sites is 1. The minimum absolute atomic E-state index is 0.0629. The molecule has 0 aliphatic heterocycles. The fraction of sp³-hybridized carbons (Fsp3) is 0.0909. The first-order chi connectivity index (χ1) is 12.4. The van der Waals surface area contributed by atoms with Gasteiger partial charge in [0.05, 0.1) is 11.3 Å². The van der Waals surface area contributed by atoms with E-state index in [1.807, 2.05) is 25.1 Å². The lowest BCUT2D eigenvalue weighted by molar-refractivity contribution is -0.111. The summed E-state index contributed by atoms with van der Waals surface area (Å²) in [6, 6.07) is 18.6. The lowest BCUT2D eigenvalue weighted by atomic mass is 10.0. The molecule has 0 radical (unpaired) electrons. The van der Waals surface area contributed by atoms with Crippen LogP contribution in [0, 0.1) is 6.92 Å². The third-order valence-electron chi connectivity index (χ3n) is 4.21. The maximum Gasteiger partial charge on any atom is 0.337 e. The summed E-state index contributed by atoms with van der Waals surface area (Å²) < 4.78 is 0. The second kappa shape index (κ2) is 7.23. The molecule has 0 aliphatic carbocycles. The number of rotatable bonds is 4. The number of anilines is 1. The van der Waals surface area contributed by atoms with E-state index in [2.05, 4.69) is 30.4 Å². The van der Waals surface area contributed by atoms with Crippen molar-refractivity contribution in [3.8, 4) is 0 Å². The second-order valence-electron chi connectivity index (χ2n) is 6.23. The Hall–Kier alpha value is -3.40. The molecule has 0 saturated heterocycles. The number of amides is 1. The molecule has 0 bridgehead atoms. The van der Waals surface area contributed by atoms with Gasteiger partial charge in [0.2, 0.25) is 5.91 Å². The van der Waals surface area contributed by atoms with Crippen LogP contribution in [0.2, 0.25) is 0 Å². The SMILES string of the molecule is C/C(=C/C(=O)Nc1ccccc1C(=O)O)c1ccc2cc(C)ccc2c1. The van der Waals surface area contributed by atoms with E-state index in [0.717, 1.165) is 21.9 Å². The molecule has 0 heterocycles. The monoisotopic (exact) mass is 345 g/mol. The average Bonchev–Trinajstić information content (AvgIpc) is 2.61. The van der Waals surface area contributed by atoms with Gasteiger partial charge in [0.15, 0.2) is 0 Å². The number of aromatic carboxylic acids is 1. The van der Waals surface area contributed by atoms with Crippen LogP contribution in [-0.4, -0.2) is 17.0 Å². The molecule has 3 rings (SSSR count). The van der Waals surface area contributed by atoms with Gasteiger partial charge in [0.25, 0.3) is 0 Å². The van der Waals surface area contributed by atoms with E-state index in [9.17, 15) is 14.7 Å². The molecule has 4 nitrogen and oxygen atoms in total. The summed E-state index contributed by atoms with van der Waals surface area (Å²) in [6.07, 6.45) is 1.48. The van der Waals surface area contributed by atoms with Gasteiger partial charge < -0.3 is 10.4 Å². The largest absolute Gasteiger partial charge is 0.478 e. The number of carboxylic acid groups (broad SMARTS) is 1. The first-order valence-electron chi connectivity index (χ1n) is 8.26. The molecule has 26 heavy (non-hydrogen) atoms. The van der Waals surface area contributed by atoms with E-state index in [1.54, 1.807) is 18.2 Å². The average molecular weight is 345 g/mol. The van der Waals surface area contributed by atoms with Gasteiger partial charge in [0, 0.05) is 6.08 Å². The number of carbonyl (C=O) groups excluding carboxylic acids is 1. The molecular formula is C22H19NO3. The summed E-state index contributed by atoms with van der Waals surface area (Å²) in [5, 5.41) is 14.1. The Kier molecular flexibility index (Phi) is 4.85. The van der Waals surface area contributed by atoms with Gasteiger partial charge in [-0.15, -0.1) is 0 Å². The maximum atomic E-state index is 12.3. The van der Waals surface area contributed by atoms with E-state index < -0.39 is 5.97 Å². The van der Waals surface area contributed by atoms with Gasteiger partial charge in [-0.3, -0.25) is 4.79 Å². The van der Waals surface area contributed by atoms with Gasteiger partial charge in [0.1, 0.15) is 0 Å². The summed E-state index contributed by atoms with van der Waals surface area (Å²) in [5.74, 6) is -1.44. The number of hydrogen-bond acceptors (Lipinski definition) is 2. The summed E-state index contributed by atoms with van der Waals surface area (Å²) in [6.45, 7) is 3.91. The quantitative estimate of drug-likeness (QED) is 0.662. The van der Waals surface area contributed by atoms with Crippen molar-refractivity contribution in [1.29, 1.82) is 0 Å². The number of benzene rings is 3. The molecule has 2 N–H and O–H groups in total. The number of hydrogen-bond donors (Lipinski definition) is 2. The molecule has 0 aromatic heterocycles. The molecule has 0 unspecified atom stereocenters. The smallest absolute Gasteiger partial charge is 0.337 e. The van der Waals surface area contributed by atoms with E-state index in [-0.39, 0.29) is 17.2 Å². The third kappa shape index (κ3) is 3.81. The van der Waals surface area contributed by atoms with Crippen molar-refractivity contribution in [2.24, 2.45) is 0 Å². The van der Waals surface area contributed by atoms with Crippen LogP contribution in [0.15, 0.2) is 66.7 Å². The number of aryl methyl sites for hydroxylation is 1. The standard InChI is InChI=1S/C22H19NO3/c1-14-7-8-18-13-16(9-10-17(18)11-14)15(2)12-21(24)23-20-6-4-3-5-19(20)22(25)26/h3-13H,1-2H3,(H,23,24)(H,25,26)/b15-12-. The lowest BCUT2D eigenvalue weighted by Crippen LogP contribution is -2.12. The Balaban J connectivity index is 1.84. The third-order valence-corrected chi connectivity index (χ3v) is 4.21. The van der Waals surface area contributed by atoms with Crippen LogP contribution < -0.4 is 5.32 Å². The number of carbonyl (C=O) groups is 2. The van der Waals surface area contributed by atoms with Gasteiger partial charge in [-0.1, -0.05) is 48.0 Å². The molecule has 0 aliphatic rings. The molecular weight excluding hydrogens is 326 g/mol. The van der Waals surface area contributed by atoms with Crippen LogP contribution in [0.3, 0.4) is 0 Å². The van der Waals surface area contributed by atoms with Gasteiger partial charge in [-0.2, -0.15) is 0 Å². The molecule has 0 fully saturated rings. The zero-order valence-corrected chi connectivity index (χ0v) is 14.6. The number of nitrogens with one attached hydrogen (secondary N) is 1. The van der Waals surface area contributed by atoms with Gasteiger partial charge in [-0.25, -0.2) is 4.79 Å². The highest BCUT2D eigenvalue weighted by molar-refractivity contribution is 6.07. The van der Waals surface area contributed by atoms with Crippen LogP contribution >= 0.6 is 0 Å². The Bertz CT molecular complexity index is 1030. The van der Waals surface area contributed by atoms with Crippen molar-refractivity contribution in [3.05, 3.63) is 83.4 Å². The van der Waals surface area contributed by atoms with Crippen molar-refractivity contribution < 1.29 is 14.7 Å². The first kappa shape index (κ1) is 17.4. The van der Waals surface area contributed by atoms with Crippen LogP contribution in [0.4, 0.5) is 5.69 Å². The highest BCUT2D eigenvalue weighted by atomic mass is 16.4. The topological polar surface area (TPSA) is 66.4 Å². The van der Waals surface area contributed by atoms with Crippen LogP contribution in [0.25, 0.3) is 16.3 Å². The van der Waals surface area contributed by atoms with Crippen LogP contribution in [-0.2, 0) is 4.79 Å². The predicted octanol–water partition coefficient (Wildman–Crippen LogP) is 4.89. The van der Waals surface area contributed by atoms with E-state index in [0.29, 0.717) is 0 Å². The predicted molar refractivity (Wildman–Crippen MR) is 104 cm³/mol. The number of fused-ring (bicyclic) bond motifs is 1. The van der Waals surface area contributed by atoms with Gasteiger partial charge >= 0.3 is 5.97 Å². The van der Waals surface area contributed by atoms with Crippen molar-refractivity contribution in [1.82, 2.24) is 0 Å². The summed E-state index contributed by atoms with van der Waals surface area (Å²) >= 11 is 0. The Morgan fingerprint density at radius 1 is 0.962 bits per heavy atom. The maximum absolute atomic E-state index is 12.3. The molecule has 130 valence electrons. The van der Waals surface area contributed by atoms with Crippen LogP contribution in [0.1, 0.15) is 28.4 Å². The first-order valence-corrected chi connectivity index (χ1v) is 8.26. The van der Waals surface area contributed by atoms with Gasteiger partial charge in [-0.05, 0) is 54.0 Å². The lowest BCUT2D eigenvalue weighted by Gasteiger charge is -2.08. The normalized spacial score (nSPS) is 11.4. The van der Waals surface area contributed by atoms with E-state index >= 15 is 0 Å². The van der Waals surface area contributed by atoms with Crippen molar-refractivity contribution in [2.45, 2.75) is 13.8 Å². The second-order valence-corrected chi connectivity index (χ2v) is 6.23. The molecule has 0 saturated carbocycles. The molecule has 1 amide bonds. The highest BCUT2D eigenvalue weighted by Crippen LogP contribution is 2.22. The van der Waals surface area contributed by atoms with E-state index in [1.165, 1.54) is 17.7 Å². The number of allylic oxidation sites excluding steroid dienone is 1. The Morgan fingerprint density at radius 2 is 1.65 bits per heavy atom. The Morgan fingerprint density at radius 3 is 2.42 bits per heavy atom. The zero-order valence-electron chi connectivity index (χ0n) is 14.6. The summed E-state index contributed by atoms with van der Waals surface area (Å²) in [5.41, 5.74) is 3.30. The fourth-order valence-corrected chi connectivity index (χ4v) is 2.84. The molecule has 4 heteroatoms. The van der Waals surface area contributed by atoms with E-state index in [4.69, 9.17) is 0 Å². The highest BCUT2D eigenvalue weighted by Gasteiger charge is 2.11. The zero-order chi connectivity index (χ0) is 18.7.